The molecule has 9 heteroatoms. The number of carbonyl (C=O) groups is 2. The maximum absolute atomic E-state index is 12.5. The van der Waals surface area contributed by atoms with Crippen LogP contribution in [0.1, 0.15) is 16.8 Å². The molecule has 136 valence electrons. The molecule has 8 nitrogen and oxygen atoms in total. The van der Waals surface area contributed by atoms with Crippen molar-refractivity contribution in [2.45, 2.75) is 6.42 Å². The quantitative estimate of drug-likeness (QED) is 0.768. The summed E-state index contributed by atoms with van der Waals surface area (Å²) in [6, 6.07) is 6.27. The molecule has 0 aromatic heterocycles. The van der Waals surface area contributed by atoms with Crippen molar-refractivity contribution in [3.63, 3.8) is 0 Å². The number of nitrogens with zero attached hydrogens (tertiary/aromatic N) is 2. The first kappa shape index (κ1) is 17.8. The smallest absolute Gasteiger partial charge is 0.253 e. The molecule has 0 spiro atoms. The van der Waals surface area contributed by atoms with Crippen molar-refractivity contribution >= 4 is 28.8 Å². The lowest BCUT2D eigenvalue weighted by Gasteiger charge is -2.35. The molecule has 2 heterocycles. The predicted octanol–water partition coefficient (Wildman–Crippen LogP) is 0.213. The number of anilines is 1. The number of hydrogen-bond donors (Lipinski definition) is 1. The highest BCUT2D eigenvalue weighted by Gasteiger charge is 2.31. The second-order valence-corrected chi connectivity index (χ2v) is 6.77. The average Bonchev–Trinajstić information content (AvgIpc) is 3.15. The van der Waals surface area contributed by atoms with E-state index in [-0.39, 0.29) is 17.7 Å². The number of benzene rings is 1. The van der Waals surface area contributed by atoms with E-state index in [2.05, 4.69) is 4.72 Å². The summed E-state index contributed by atoms with van der Waals surface area (Å²) in [5.41, 5.74) is 0.894. The van der Waals surface area contributed by atoms with Crippen molar-refractivity contribution in [1.82, 2.24) is 9.80 Å². The summed E-state index contributed by atoms with van der Waals surface area (Å²) >= 11 is -2.39. The van der Waals surface area contributed by atoms with E-state index < -0.39 is 11.3 Å². The molecule has 2 aliphatic rings. The zero-order chi connectivity index (χ0) is 17.8. The van der Waals surface area contributed by atoms with Gasteiger partial charge in [0.1, 0.15) is 0 Å². The normalized spacial score (nSPS) is 21.9. The standard InChI is InChI=1S/C16H21N3O5S/c20-15(12-1-3-14(4-2-12)17-25(22)23)18-6-8-19(9-7-18)16(21)13-5-10-24-11-13/h1-4,13,17H,5-11H2,(H,22,23)/p-1. The maximum atomic E-state index is 12.5. The third-order valence-electron chi connectivity index (χ3n) is 4.49. The van der Waals surface area contributed by atoms with E-state index in [0.29, 0.717) is 50.6 Å². The van der Waals surface area contributed by atoms with Gasteiger partial charge in [0.2, 0.25) is 5.91 Å². The van der Waals surface area contributed by atoms with Crippen molar-refractivity contribution in [3.05, 3.63) is 29.8 Å². The zero-order valence-electron chi connectivity index (χ0n) is 13.7. The van der Waals surface area contributed by atoms with Gasteiger partial charge in [0.05, 0.1) is 12.5 Å². The van der Waals surface area contributed by atoms with Gasteiger partial charge >= 0.3 is 0 Å². The van der Waals surface area contributed by atoms with E-state index in [1.54, 1.807) is 34.1 Å². The molecule has 2 saturated heterocycles. The summed E-state index contributed by atoms with van der Waals surface area (Å²) in [5.74, 6) is -0.0504. The molecule has 0 radical (unpaired) electrons. The van der Waals surface area contributed by atoms with Gasteiger partial charge in [-0.05, 0) is 30.7 Å². The molecule has 3 rings (SSSR count). The van der Waals surface area contributed by atoms with Crippen LogP contribution in [0.5, 0.6) is 0 Å². The van der Waals surface area contributed by atoms with Crippen molar-refractivity contribution in [2.75, 3.05) is 44.1 Å². The van der Waals surface area contributed by atoms with Crippen LogP contribution in [0.3, 0.4) is 0 Å². The van der Waals surface area contributed by atoms with Gasteiger partial charge in [-0.15, -0.1) is 0 Å². The lowest BCUT2D eigenvalue weighted by Crippen LogP contribution is -2.52. The Hall–Kier alpha value is -1.97. The number of rotatable bonds is 4. The molecule has 0 bridgehead atoms. The number of ether oxygens (including phenoxy) is 1. The van der Waals surface area contributed by atoms with Crippen LogP contribution >= 0.6 is 0 Å². The first-order valence-electron chi connectivity index (χ1n) is 8.16. The summed E-state index contributed by atoms with van der Waals surface area (Å²) < 4.78 is 28.7. The highest BCUT2D eigenvalue weighted by atomic mass is 32.2. The number of nitrogens with one attached hydrogen (secondary N) is 1. The van der Waals surface area contributed by atoms with Crippen LogP contribution < -0.4 is 4.72 Å². The van der Waals surface area contributed by atoms with E-state index in [1.807, 2.05) is 0 Å². The first-order chi connectivity index (χ1) is 12.0. The lowest BCUT2D eigenvalue weighted by atomic mass is 10.1. The van der Waals surface area contributed by atoms with E-state index in [1.165, 1.54) is 0 Å². The Bertz CT molecular complexity index is 652. The Kier molecular flexibility index (Phi) is 5.67. The van der Waals surface area contributed by atoms with E-state index in [0.717, 1.165) is 6.42 Å². The van der Waals surface area contributed by atoms with Crippen LogP contribution in [0, 0.1) is 5.92 Å². The minimum Gasteiger partial charge on any atom is -0.755 e. The molecular formula is C16H20N3O5S-. The van der Waals surface area contributed by atoms with Crippen LogP contribution in [0.2, 0.25) is 0 Å². The summed E-state index contributed by atoms with van der Waals surface area (Å²) in [4.78, 5) is 28.4. The Balaban J connectivity index is 1.54. The third kappa shape index (κ3) is 4.36. The molecule has 2 atom stereocenters. The molecule has 2 aliphatic heterocycles. The van der Waals surface area contributed by atoms with E-state index >= 15 is 0 Å². The number of amides is 2. The van der Waals surface area contributed by atoms with Crippen molar-refractivity contribution in [1.29, 1.82) is 0 Å². The molecule has 1 N–H and O–H groups in total. The van der Waals surface area contributed by atoms with Gasteiger partial charge in [-0.3, -0.25) is 13.8 Å². The Labute approximate surface area is 148 Å². The Morgan fingerprint density at radius 2 is 1.76 bits per heavy atom. The van der Waals surface area contributed by atoms with Crippen LogP contribution in [0.15, 0.2) is 24.3 Å². The molecule has 2 fully saturated rings. The molecule has 25 heavy (non-hydrogen) atoms. The van der Waals surface area contributed by atoms with Gasteiger partial charge in [-0.2, -0.15) is 0 Å². The van der Waals surface area contributed by atoms with Crippen molar-refractivity contribution in [3.8, 4) is 0 Å². The van der Waals surface area contributed by atoms with Crippen molar-refractivity contribution in [2.24, 2.45) is 5.92 Å². The molecular weight excluding hydrogens is 346 g/mol. The minimum atomic E-state index is -2.39. The molecule has 2 unspecified atom stereocenters. The second kappa shape index (κ2) is 7.94. The highest BCUT2D eigenvalue weighted by Crippen LogP contribution is 2.18. The molecule has 0 saturated carbocycles. The molecule has 1 aromatic carbocycles. The summed E-state index contributed by atoms with van der Waals surface area (Å²) in [7, 11) is 0. The molecule has 2 amide bonds. The summed E-state index contributed by atoms with van der Waals surface area (Å²) in [6.07, 6.45) is 0.770. The molecule has 1 aromatic rings. The minimum absolute atomic E-state index is 0.0474. The van der Waals surface area contributed by atoms with Gasteiger partial charge < -0.3 is 23.8 Å². The molecule has 0 aliphatic carbocycles. The summed E-state index contributed by atoms with van der Waals surface area (Å²) in [5, 5.41) is 0. The third-order valence-corrected chi connectivity index (χ3v) is 4.89. The van der Waals surface area contributed by atoms with E-state index in [9.17, 15) is 18.4 Å². The number of piperazine rings is 1. The zero-order valence-corrected chi connectivity index (χ0v) is 14.5. The van der Waals surface area contributed by atoms with Crippen LogP contribution in [0.4, 0.5) is 5.69 Å². The fraction of sp³-hybridized carbons (Fsp3) is 0.500. The second-order valence-electron chi connectivity index (χ2n) is 6.09. The number of hydrogen-bond acceptors (Lipinski definition) is 5. The first-order valence-corrected chi connectivity index (χ1v) is 9.24. The topological polar surface area (TPSA) is 102 Å². The van der Waals surface area contributed by atoms with Crippen LogP contribution in [-0.2, 0) is 20.8 Å². The Morgan fingerprint density at radius 1 is 1.12 bits per heavy atom. The van der Waals surface area contributed by atoms with Gasteiger partial charge in [0.25, 0.3) is 5.91 Å². The SMILES string of the molecule is O=C(c1ccc(NS(=O)[O-])cc1)N1CCN(C(=O)C2CCOC2)CC1. The predicted molar refractivity (Wildman–Crippen MR) is 90.4 cm³/mol. The fourth-order valence-corrected chi connectivity index (χ4v) is 3.41. The van der Waals surface area contributed by atoms with Crippen LogP contribution in [0.25, 0.3) is 0 Å². The van der Waals surface area contributed by atoms with Gasteiger partial charge in [0, 0.05) is 55.3 Å². The van der Waals surface area contributed by atoms with Gasteiger partial charge in [0.15, 0.2) is 0 Å². The number of carbonyl (C=O) groups excluding carboxylic acids is 2. The maximum Gasteiger partial charge on any atom is 0.253 e. The Morgan fingerprint density at radius 3 is 2.32 bits per heavy atom. The van der Waals surface area contributed by atoms with Gasteiger partial charge in [-0.1, -0.05) is 0 Å². The fourth-order valence-electron chi connectivity index (χ4n) is 3.08. The average molecular weight is 366 g/mol. The van der Waals surface area contributed by atoms with Crippen molar-refractivity contribution < 1.29 is 23.1 Å². The lowest BCUT2D eigenvalue weighted by molar-refractivity contribution is -0.137. The summed E-state index contributed by atoms with van der Waals surface area (Å²) in [6.45, 7) is 3.16. The van der Waals surface area contributed by atoms with Crippen LogP contribution in [-0.4, -0.2) is 69.8 Å². The monoisotopic (exact) mass is 366 g/mol. The van der Waals surface area contributed by atoms with E-state index in [4.69, 9.17) is 4.74 Å². The highest BCUT2D eigenvalue weighted by molar-refractivity contribution is 7.80. The van der Waals surface area contributed by atoms with Gasteiger partial charge in [-0.25, -0.2) is 0 Å². The largest absolute Gasteiger partial charge is 0.755 e.